The van der Waals surface area contributed by atoms with Gasteiger partial charge in [0.15, 0.2) is 11.5 Å². The van der Waals surface area contributed by atoms with Crippen molar-refractivity contribution in [2.75, 3.05) is 19.5 Å². The molecule has 0 unspecified atom stereocenters. The van der Waals surface area contributed by atoms with Crippen LogP contribution in [0.15, 0.2) is 47.3 Å². The van der Waals surface area contributed by atoms with E-state index in [4.69, 9.17) is 9.47 Å². The topological polar surface area (TPSA) is 120 Å². The van der Waals surface area contributed by atoms with Gasteiger partial charge in [0.25, 0.3) is 5.56 Å². The summed E-state index contributed by atoms with van der Waals surface area (Å²) in [6.07, 6.45) is 0. The van der Waals surface area contributed by atoms with Crippen LogP contribution >= 0.6 is 0 Å². The Bertz CT molecular complexity index is 1420. The highest BCUT2D eigenvalue weighted by Gasteiger charge is 2.34. The van der Waals surface area contributed by atoms with Gasteiger partial charge in [-0.15, -0.1) is 0 Å². The van der Waals surface area contributed by atoms with Crippen LogP contribution in [0.25, 0.3) is 11.3 Å². The second-order valence-electron chi connectivity index (χ2n) is 9.11. The number of aromatic amines is 1. The minimum atomic E-state index is -0.465. The number of aromatic nitrogens is 6. The zero-order chi connectivity index (χ0) is 24.0. The first-order valence-corrected chi connectivity index (χ1v) is 10.8. The van der Waals surface area contributed by atoms with Crippen molar-refractivity contribution >= 4 is 11.6 Å². The van der Waals surface area contributed by atoms with E-state index in [9.17, 15) is 4.79 Å². The molecule has 2 aromatic carbocycles. The van der Waals surface area contributed by atoms with E-state index in [1.807, 2.05) is 24.3 Å². The number of hydrogen-bond acceptors (Lipinski definition) is 8. The highest BCUT2D eigenvalue weighted by Crippen LogP contribution is 2.42. The van der Waals surface area contributed by atoms with E-state index in [1.54, 1.807) is 25.0 Å². The predicted molar refractivity (Wildman–Crippen MR) is 127 cm³/mol. The molecule has 34 heavy (non-hydrogen) atoms. The first-order valence-electron chi connectivity index (χ1n) is 10.8. The van der Waals surface area contributed by atoms with Crippen molar-refractivity contribution < 1.29 is 9.47 Å². The van der Waals surface area contributed by atoms with Crippen LogP contribution in [0.4, 0.5) is 11.6 Å². The summed E-state index contributed by atoms with van der Waals surface area (Å²) in [5, 5.41) is 22.2. The molecule has 0 saturated heterocycles. The second-order valence-corrected chi connectivity index (χ2v) is 9.11. The van der Waals surface area contributed by atoms with E-state index in [0.29, 0.717) is 34.4 Å². The second kappa shape index (κ2) is 7.98. The van der Waals surface area contributed by atoms with Gasteiger partial charge in [-0.3, -0.25) is 4.79 Å². The van der Waals surface area contributed by atoms with Crippen LogP contribution in [0.3, 0.4) is 0 Å². The molecule has 2 N–H and O–H groups in total. The minimum absolute atomic E-state index is 0.00798. The molecule has 0 radical (unpaired) electrons. The van der Waals surface area contributed by atoms with Crippen LogP contribution < -0.4 is 20.3 Å². The highest BCUT2D eigenvalue weighted by molar-refractivity contribution is 5.76. The van der Waals surface area contributed by atoms with Crippen molar-refractivity contribution in [2.45, 2.75) is 32.2 Å². The molecule has 5 rings (SSSR count). The Kier molecular flexibility index (Phi) is 5.07. The molecule has 174 valence electrons. The van der Waals surface area contributed by atoms with Gasteiger partial charge in [0, 0.05) is 11.1 Å². The lowest BCUT2D eigenvalue weighted by Gasteiger charge is -2.28. The molecule has 0 saturated carbocycles. The van der Waals surface area contributed by atoms with Crippen molar-refractivity contribution in [1.82, 2.24) is 30.4 Å². The summed E-state index contributed by atoms with van der Waals surface area (Å²) in [7, 11) is 3.16. The molecule has 4 aromatic rings. The van der Waals surface area contributed by atoms with Gasteiger partial charge in [-0.05, 0) is 45.2 Å². The van der Waals surface area contributed by atoms with Crippen LogP contribution in [0.2, 0.25) is 0 Å². The van der Waals surface area contributed by atoms with Gasteiger partial charge in [0.1, 0.15) is 11.7 Å². The fourth-order valence-electron chi connectivity index (χ4n) is 4.21. The first-order chi connectivity index (χ1) is 16.3. The maximum atomic E-state index is 12.9. The van der Waals surface area contributed by atoms with Gasteiger partial charge < -0.3 is 14.8 Å². The Balaban J connectivity index is 1.74. The zero-order valence-electron chi connectivity index (χ0n) is 19.6. The predicted octanol–water partition coefficient (Wildman–Crippen LogP) is 3.43. The van der Waals surface area contributed by atoms with Gasteiger partial charge in [0.2, 0.25) is 5.95 Å². The number of rotatable bonds is 4. The molecule has 10 heteroatoms. The molecular weight excluding hydrogens is 434 g/mol. The molecule has 10 nitrogen and oxygen atoms in total. The Morgan fingerprint density at radius 3 is 2.41 bits per heavy atom. The van der Waals surface area contributed by atoms with E-state index in [0.717, 1.165) is 11.1 Å². The smallest absolute Gasteiger partial charge is 0.288 e. The average molecular weight is 460 g/mol. The minimum Gasteiger partial charge on any atom is -0.493 e. The van der Waals surface area contributed by atoms with Crippen LogP contribution in [0.1, 0.15) is 43.5 Å². The van der Waals surface area contributed by atoms with Gasteiger partial charge in [0.05, 0.1) is 19.9 Å². The molecule has 3 heterocycles. The van der Waals surface area contributed by atoms with Gasteiger partial charge >= 0.3 is 0 Å². The lowest BCUT2D eigenvalue weighted by molar-refractivity contribution is 0.355. The van der Waals surface area contributed by atoms with Crippen LogP contribution in [-0.2, 0) is 5.41 Å². The molecule has 1 aliphatic heterocycles. The summed E-state index contributed by atoms with van der Waals surface area (Å²) in [4.78, 5) is 12.9. The summed E-state index contributed by atoms with van der Waals surface area (Å²) < 4.78 is 12.5. The number of hydrogen-bond donors (Lipinski definition) is 2. The van der Waals surface area contributed by atoms with Crippen molar-refractivity contribution in [3.63, 3.8) is 0 Å². The molecular formula is C24H25N7O3. The van der Waals surface area contributed by atoms with E-state index in [2.05, 4.69) is 63.9 Å². The van der Waals surface area contributed by atoms with Crippen LogP contribution in [0.5, 0.6) is 11.5 Å². The van der Waals surface area contributed by atoms with E-state index >= 15 is 0 Å². The Labute approximate surface area is 195 Å². The molecule has 0 fully saturated rings. The summed E-state index contributed by atoms with van der Waals surface area (Å²) in [5.41, 5.74) is 4.13. The Morgan fingerprint density at radius 2 is 1.74 bits per heavy atom. The summed E-state index contributed by atoms with van der Waals surface area (Å²) >= 11 is 0. The van der Waals surface area contributed by atoms with Crippen LogP contribution in [0, 0.1) is 0 Å². The standard InChI is InChI=1S/C24H25N7O3/c1-24(2,3)15-9-6-13(7-10-15)21-18-19(14-8-11-16(33-4)17(12-14)34-5)26-27-22(32)20(18)25-23-28-29-30-31(21)23/h6-12,21H,1-5H3,(H,27,32)(H,25,28,30)/t21-/m1/s1. The number of tetrazole rings is 1. The molecule has 2 aromatic heterocycles. The van der Waals surface area contributed by atoms with Crippen molar-refractivity contribution in [2.24, 2.45) is 0 Å². The number of H-pyrrole nitrogens is 1. The molecule has 0 spiro atoms. The quantitative estimate of drug-likeness (QED) is 0.419. The monoisotopic (exact) mass is 459 g/mol. The number of fused-ring (bicyclic) bond motifs is 2. The maximum absolute atomic E-state index is 12.9. The molecule has 0 amide bonds. The van der Waals surface area contributed by atoms with Gasteiger partial charge in [-0.1, -0.05) is 50.1 Å². The number of benzene rings is 2. The van der Waals surface area contributed by atoms with Gasteiger partial charge in [-0.25, -0.2) is 5.10 Å². The zero-order valence-corrected chi connectivity index (χ0v) is 19.6. The molecule has 1 atom stereocenters. The number of anilines is 2. The number of nitrogens with zero attached hydrogens (tertiary/aromatic N) is 5. The van der Waals surface area contributed by atoms with E-state index in [1.165, 1.54) is 5.56 Å². The first kappa shape index (κ1) is 21.6. The molecule has 1 aliphatic rings. The third-order valence-electron chi connectivity index (χ3n) is 6.02. The van der Waals surface area contributed by atoms with Crippen LogP contribution in [-0.4, -0.2) is 44.6 Å². The number of methoxy groups -OCH3 is 2. The largest absolute Gasteiger partial charge is 0.493 e. The average Bonchev–Trinajstić information content (AvgIpc) is 3.31. The van der Waals surface area contributed by atoms with Crippen molar-refractivity contribution in [3.8, 4) is 22.8 Å². The SMILES string of the molecule is COc1ccc(-c2n[nH]c(=O)c3c2[C@@H](c2ccc(C(C)(C)C)cc2)n2nnnc2N3)cc1OC. The highest BCUT2D eigenvalue weighted by atomic mass is 16.5. The lowest BCUT2D eigenvalue weighted by Crippen LogP contribution is -2.29. The third kappa shape index (κ3) is 3.47. The number of ether oxygens (including phenoxy) is 2. The van der Waals surface area contributed by atoms with Crippen molar-refractivity contribution in [3.05, 3.63) is 69.5 Å². The van der Waals surface area contributed by atoms with E-state index in [-0.39, 0.29) is 11.0 Å². The molecule has 0 aliphatic carbocycles. The summed E-state index contributed by atoms with van der Waals surface area (Å²) in [6.45, 7) is 6.50. The third-order valence-corrected chi connectivity index (χ3v) is 6.02. The Morgan fingerprint density at radius 1 is 1.00 bits per heavy atom. The fraction of sp³-hybridized carbons (Fsp3) is 0.292. The maximum Gasteiger partial charge on any atom is 0.288 e. The van der Waals surface area contributed by atoms with Crippen molar-refractivity contribution in [1.29, 1.82) is 0 Å². The Hall–Kier alpha value is -4.21. The normalized spacial score (nSPS) is 14.7. The van der Waals surface area contributed by atoms with E-state index < -0.39 is 6.04 Å². The lowest BCUT2D eigenvalue weighted by atomic mass is 9.85. The van der Waals surface area contributed by atoms with Gasteiger partial charge in [-0.2, -0.15) is 9.78 Å². The number of nitrogens with one attached hydrogen (secondary N) is 2. The fourth-order valence-corrected chi connectivity index (χ4v) is 4.21. The summed E-state index contributed by atoms with van der Waals surface area (Å²) in [6, 6.07) is 13.3. The summed E-state index contributed by atoms with van der Waals surface area (Å²) in [5.74, 6) is 1.53. The molecule has 0 bridgehead atoms.